The number of hydrogen-bond acceptors (Lipinski definition) is 5. The molecule has 0 radical (unpaired) electrons. The smallest absolute Gasteiger partial charge is 0.417 e. The molecule has 1 aromatic rings. The zero-order valence-corrected chi connectivity index (χ0v) is 12.2. The Bertz CT molecular complexity index is 594. The van der Waals surface area contributed by atoms with Crippen molar-refractivity contribution in [1.82, 2.24) is 4.98 Å². The van der Waals surface area contributed by atoms with Crippen LogP contribution in [0.3, 0.4) is 0 Å². The Morgan fingerprint density at radius 3 is 2.38 bits per heavy atom. The summed E-state index contributed by atoms with van der Waals surface area (Å²) < 4.78 is 65.3. The molecule has 0 atom stereocenters. The summed E-state index contributed by atoms with van der Waals surface area (Å²) in [5.41, 5.74) is -1.03. The Kier molecular flexibility index (Phi) is 5.32. The molecular weight excluding hydrogens is 311 g/mol. The number of ether oxygens (including phenoxy) is 1. The molecule has 0 aliphatic rings. The highest BCUT2D eigenvalue weighted by atomic mass is 32.2. The number of alkyl halides is 3. The Labute approximate surface area is 120 Å². The van der Waals surface area contributed by atoms with E-state index in [0.29, 0.717) is 12.3 Å². The molecule has 0 fully saturated rings. The molecule has 1 rings (SSSR count). The van der Waals surface area contributed by atoms with Crippen molar-refractivity contribution in [3.63, 3.8) is 0 Å². The molecule has 0 aliphatic heterocycles. The zero-order valence-electron chi connectivity index (χ0n) is 11.3. The van der Waals surface area contributed by atoms with E-state index in [0.717, 1.165) is 6.07 Å². The highest BCUT2D eigenvalue weighted by Gasteiger charge is 2.31. The van der Waals surface area contributed by atoms with Gasteiger partial charge in [0.2, 0.25) is 0 Å². The van der Waals surface area contributed by atoms with Gasteiger partial charge in [0.05, 0.1) is 17.2 Å². The van der Waals surface area contributed by atoms with E-state index in [2.05, 4.69) is 4.98 Å². The first kappa shape index (κ1) is 17.4. The third kappa shape index (κ3) is 5.00. The SMILES string of the molecule is CC(C)C(=O)OCCS(=O)(=O)c1ccc(C(F)(F)F)cn1. The van der Waals surface area contributed by atoms with Crippen LogP contribution in [0.25, 0.3) is 0 Å². The third-order valence-electron chi connectivity index (χ3n) is 2.45. The minimum Gasteiger partial charge on any atom is -0.464 e. The lowest BCUT2D eigenvalue weighted by molar-refractivity contribution is -0.146. The molecule has 21 heavy (non-hydrogen) atoms. The number of aromatic nitrogens is 1. The van der Waals surface area contributed by atoms with Crippen LogP contribution in [0, 0.1) is 5.92 Å². The fraction of sp³-hybridized carbons (Fsp3) is 0.500. The van der Waals surface area contributed by atoms with Crippen LogP contribution in [0.15, 0.2) is 23.4 Å². The number of carbonyl (C=O) groups is 1. The summed E-state index contributed by atoms with van der Waals surface area (Å²) in [6.07, 6.45) is -4.13. The van der Waals surface area contributed by atoms with Crippen LogP contribution in [0.2, 0.25) is 0 Å². The van der Waals surface area contributed by atoms with Gasteiger partial charge in [0, 0.05) is 6.20 Å². The number of pyridine rings is 1. The first-order valence-electron chi connectivity index (χ1n) is 5.96. The maximum atomic E-state index is 12.3. The number of esters is 1. The van der Waals surface area contributed by atoms with Crippen molar-refractivity contribution >= 4 is 15.8 Å². The number of nitrogens with zero attached hydrogens (tertiary/aromatic N) is 1. The molecule has 1 heterocycles. The average molecular weight is 325 g/mol. The van der Waals surface area contributed by atoms with Gasteiger partial charge in [-0.15, -0.1) is 0 Å². The maximum absolute atomic E-state index is 12.3. The van der Waals surface area contributed by atoms with Crippen LogP contribution in [0.5, 0.6) is 0 Å². The van der Waals surface area contributed by atoms with Crippen molar-refractivity contribution in [2.75, 3.05) is 12.4 Å². The molecule has 0 aliphatic carbocycles. The van der Waals surface area contributed by atoms with Gasteiger partial charge < -0.3 is 4.74 Å². The van der Waals surface area contributed by atoms with Gasteiger partial charge in [-0.3, -0.25) is 4.79 Å². The number of halogens is 3. The van der Waals surface area contributed by atoms with Gasteiger partial charge in [-0.25, -0.2) is 13.4 Å². The molecular formula is C12H14F3NO4S. The van der Waals surface area contributed by atoms with Gasteiger partial charge in [0.15, 0.2) is 14.9 Å². The summed E-state index contributed by atoms with van der Waals surface area (Å²) in [7, 11) is -3.90. The highest BCUT2D eigenvalue weighted by Crippen LogP contribution is 2.28. The summed E-state index contributed by atoms with van der Waals surface area (Å²) in [6, 6.07) is 1.42. The fourth-order valence-electron chi connectivity index (χ4n) is 1.26. The van der Waals surface area contributed by atoms with Crippen LogP contribution in [-0.4, -0.2) is 31.7 Å². The van der Waals surface area contributed by atoms with Crippen molar-refractivity contribution in [2.24, 2.45) is 5.92 Å². The lowest BCUT2D eigenvalue weighted by atomic mass is 10.2. The molecule has 0 aromatic carbocycles. The van der Waals surface area contributed by atoms with Gasteiger partial charge >= 0.3 is 12.1 Å². The average Bonchev–Trinajstić information content (AvgIpc) is 2.37. The second-order valence-corrected chi connectivity index (χ2v) is 6.58. The fourth-order valence-corrected chi connectivity index (χ4v) is 2.26. The Balaban J connectivity index is 2.73. The topological polar surface area (TPSA) is 73.3 Å². The summed E-state index contributed by atoms with van der Waals surface area (Å²) in [5, 5.41) is -0.490. The van der Waals surface area contributed by atoms with Crippen LogP contribution >= 0.6 is 0 Å². The molecule has 1 aromatic heterocycles. The van der Waals surface area contributed by atoms with Gasteiger partial charge in [-0.1, -0.05) is 13.8 Å². The van der Waals surface area contributed by atoms with E-state index in [9.17, 15) is 26.4 Å². The van der Waals surface area contributed by atoms with E-state index < -0.39 is 44.2 Å². The van der Waals surface area contributed by atoms with E-state index in [1.807, 2.05) is 0 Å². The van der Waals surface area contributed by atoms with Crippen LogP contribution in [0.4, 0.5) is 13.2 Å². The largest absolute Gasteiger partial charge is 0.464 e. The molecule has 0 saturated heterocycles. The molecule has 5 nitrogen and oxygen atoms in total. The van der Waals surface area contributed by atoms with Gasteiger partial charge in [0.25, 0.3) is 0 Å². The van der Waals surface area contributed by atoms with Gasteiger partial charge in [-0.05, 0) is 12.1 Å². The van der Waals surface area contributed by atoms with Gasteiger partial charge in [-0.2, -0.15) is 13.2 Å². The quantitative estimate of drug-likeness (QED) is 0.775. The normalized spacial score (nSPS) is 12.5. The molecule has 0 N–H and O–H groups in total. The van der Waals surface area contributed by atoms with E-state index in [-0.39, 0.29) is 6.61 Å². The minimum absolute atomic E-state index is 0.373. The first-order chi connectivity index (χ1) is 9.54. The number of rotatable bonds is 5. The van der Waals surface area contributed by atoms with Crippen molar-refractivity contribution in [3.05, 3.63) is 23.9 Å². The first-order valence-corrected chi connectivity index (χ1v) is 7.62. The van der Waals surface area contributed by atoms with Crippen LogP contribution < -0.4 is 0 Å². The lowest BCUT2D eigenvalue weighted by Gasteiger charge is -2.09. The standard InChI is InChI=1S/C12H14F3NO4S/c1-8(2)11(17)20-5-6-21(18,19)10-4-3-9(7-16-10)12(13,14)15/h3-4,7-8H,5-6H2,1-2H3. The lowest BCUT2D eigenvalue weighted by Crippen LogP contribution is -2.19. The minimum atomic E-state index is -4.58. The van der Waals surface area contributed by atoms with Crippen molar-refractivity contribution in [1.29, 1.82) is 0 Å². The van der Waals surface area contributed by atoms with E-state index >= 15 is 0 Å². The van der Waals surface area contributed by atoms with Gasteiger partial charge in [0.1, 0.15) is 6.61 Å². The van der Waals surface area contributed by atoms with Crippen LogP contribution in [0.1, 0.15) is 19.4 Å². The Morgan fingerprint density at radius 1 is 1.33 bits per heavy atom. The molecule has 0 saturated carbocycles. The monoisotopic (exact) mass is 325 g/mol. The number of sulfone groups is 1. The molecule has 0 amide bonds. The second-order valence-electron chi connectivity index (χ2n) is 4.52. The summed E-state index contributed by atoms with van der Waals surface area (Å²) in [6.45, 7) is 2.81. The van der Waals surface area contributed by atoms with E-state index in [1.165, 1.54) is 0 Å². The molecule has 9 heteroatoms. The molecule has 0 bridgehead atoms. The predicted octanol–water partition coefficient (Wildman–Crippen LogP) is 2.07. The van der Waals surface area contributed by atoms with E-state index in [1.54, 1.807) is 13.8 Å². The third-order valence-corrected chi connectivity index (χ3v) is 4.03. The zero-order chi connectivity index (χ0) is 16.3. The molecule has 0 spiro atoms. The second kappa shape index (κ2) is 6.42. The number of hydrogen-bond donors (Lipinski definition) is 0. The highest BCUT2D eigenvalue weighted by molar-refractivity contribution is 7.91. The summed E-state index contributed by atoms with van der Waals surface area (Å²) in [5.74, 6) is -1.48. The molecule has 0 unspecified atom stereocenters. The van der Waals surface area contributed by atoms with Crippen molar-refractivity contribution < 1.29 is 31.1 Å². The Hall–Kier alpha value is -1.64. The van der Waals surface area contributed by atoms with Crippen molar-refractivity contribution in [3.8, 4) is 0 Å². The van der Waals surface area contributed by atoms with E-state index in [4.69, 9.17) is 4.74 Å². The number of carbonyl (C=O) groups excluding carboxylic acids is 1. The Morgan fingerprint density at radius 2 is 1.95 bits per heavy atom. The van der Waals surface area contributed by atoms with Crippen molar-refractivity contribution in [2.45, 2.75) is 25.0 Å². The molecule has 118 valence electrons. The summed E-state index contributed by atoms with van der Waals surface area (Å²) in [4.78, 5) is 14.5. The maximum Gasteiger partial charge on any atom is 0.417 e. The summed E-state index contributed by atoms with van der Waals surface area (Å²) >= 11 is 0. The van der Waals surface area contributed by atoms with Crippen LogP contribution in [-0.2, 0) is 25.5 Å². The predicted molar refractivity (Wildman–Crippen MR) is 67.1 cm³/mol.